The van der Waals surface area contributed by atoms with Crippen LogP contribution < -0.4 is 20.1 Å². The van der Waals surface area contributed by atoms with E-state index in [9.17, 15) is 19.7 Å². The van der Waals surface area contributed by atoms with E-state index in [0.29, 0.717) is 46.0 Å². The number of amides is 1. The SMILES string of the molecule is COc1ccc([C@H]2CC(=O)C3=C(C2)NC(C)=C(C(=O)Nc2ccc(C)cc2)[C@H]3c2ccc([N+](=O)[O-])cc2)cc1OC. The first-order chi connectivity index (χ1) is 19.7. The maximum atomic E-state index is 13.9. The summed E-state index contributed by atoms with van der Waals surface area (Å²) in [5.74, 6) is -0.0317. The van der Waals surface area contributed by atoms with Gasteiger partial charge in [0.05, 0.1) is 19.1 Å². The number of nitrogens with zero attached hydrogens (tertiary/aromatic N) is 1. The predicted molar refractivity (Wildman–Crippen MR) is 155 cm³/mol. The lowest BCUT2D eigenvalue weighted by Gasteiger charge is -2.37. The Morgan fingerprint density at radius 1 is 0.927 bits per heavy atom. The van der Waals surface area contributed by atoms with Gasteiger partial charge in [0.2, 0.25) is 0 Å². The maximum absolute atomic E-state index is 13.9. The number of ether oxygens (including phenoxy) is 2. The molecule has 9 heteroatoms. The summed E-state index contributed by atoms with van der Waals surface area (Å²) in [4.78, 5) is 38.5. The summed E-state index contributed by atoms with van der Waals surface area (Å²) in [6.45, 7) is 3.78. The van der Waals surface area contributed by atoms with Crippen LogP contribution in [-0.4, -0.2) is 30.8 Å². The van der Waals surface area contributed by atoms with Crippen LogP contribution in [0.3, 0.4) is 0 Å². The minimum Gasteiger partial charge on any atom is -0.493 e. The number of benzene rings is 3. The molecule has 1 aliphatic carbocycles. The molecule has 0 saturated heterocycles. The van der Waals surface area contributed by atoms with Crippen molar-refractivity contribution >= 4 is 23.1 Å². The fraction of sp³-hybridized carbons (Fsp3) is 0.250. The van der Waals surface area contributed by atoms with E-state index in [-0.39, 0.29) is 29.7 Å². The molecule has 0 fully saturated rings. The summed E-state index contributed by atoms with van der Waals surface area (Å²) in [5.41, 5.74) is 5.49. The molecule has 210 valence electrons. The van der Waals surface area contributed by atoms with E-state index in [2.05, 4.69) is 10.6 Å². The number of nitro benzene ring substituents is 1. The lowest BCUT2D eigenvalue weighted by Crippen LogP contribution is -2.37. The summed E-state index contributed by atoms with van der Waals surface area (Å²) in [7, 11) is 3.15. The predicted octanol–water partition coefficient (Wildman–Crippen LogP) is 5.92. The molecule has 41 heavy (non-hydrogen) atoms. The van der Waals surface area contributed by atoms with Gasteiger partial charge in [-0.25, -0.2) is 0 Å². The van der Waals surface area contributed by atoms with Crippen LogP contribution in [0.5, 0.6) is 11.5 Å². The van der Waals surface area contributed by atoms with Gasteiger partial charge in [-0.2, -0.15) is 0 Å². The number of carbonyl (C=O) groups is 2. The van der Waals surface area contributed by atoms with Gasteiger partial charge >= 0.3 is 0 Å². The van der Waals surface area contributed by atoms with E-state index in [4.69, 9.17) is 9.47 Å². The number of non-ortho nitro benzene ring substituents is 1. The van der Waals surface area contributed by atoms with Crippen LogP contribution in [0.1, 0.15) is 48.3 Å². The number of nitro groups is 1. The molecule has 0 radical (unpaired) electrons. The monoisotopic (exact) mass is 553 g/mol. The number of ketones is 1. The number of Topliss-reactive ketones (excluding diaryl/α,β-unsaturated/α-hetero) is 1. The van der Waals surface area contributed by atoms with Gasteiger partial charge in [-0.05, 0) is 61.6 Å². The van der Waals surface area contributed by atoms with Gasteiger partial charge < -0.3 is 20.1 Å². The Balaban J connectivity index is 1.55. The number of hydrogen-bond donors (Lipinski definition) is 2. The fourth-order valence-electron chi connectivity index (χ4n) is 5.64. The normalized spacial score (nSPS) is 18.4. The van der Waals surface area contributed by atoms with Crippen LogP contribution in [0, 0.1) is 17.0 Å². The standard InChI is InChI=1S/C32H31N3O6/c1-18-5-10-23(11-6-18)34-32(37)29-19(2)33-25-15-22(21-9-14-27(40-3)28(17-21)41-4)16-26(36)31(25)30(29)20-7-12-24(13-8-20)35(38)39/h5-14,17,22,30,33H,15-16H2,1-4H3,(H,34,37)/t22-,30-/m1/s1. The lowest BCUT2D eigenvalue weighted by molar-refractivity contribution is -0.384. The quantitative estimate of drug-likeness (QED) is 0.275. The van der Waals surface area contributed by atoms with Gasteiger partial charge in [-0.3, -0.25) is 19.7 Å². The second kappa shape index (κ2) is 11.3. The van der Waals surface area contributed by atoms with Gasteiger partial charge in [-0.15, -0.1) is 0 Å². The van der Waals surface area contributed by atoms with Gasteiger partial charge in [0, 0.05) is 52.7 Å². The first-order valence-corrected chi connectivity index (χ1v) is 13.3. The molecule has 1 amide bonds. The lowest BCUT2D eigenvalue weighted by atomic mass is 9.71. The molecular weight excluding hydrogens is 522 g/mol. The Bertz CT molecular complexity index is 1590. The third-order valence-electron chi connectivity index (χ3n) is 7.70. The zero-order chi connectivity index (χ0) is 29.3. The number of aryl methyl sites for hydroxylation is 1. The fourth-order valence-corrected chi connectivity index (χ4v) is 5.64. The highest BCUT2D eigenvalue weighted by atomic mass is 16.6. The number of dihydropyridines is 1. The molecule has 2 atom stereocenters. The van der Waals surface area contributed by atoms with Crippen LogP contribution in [0.4, 0.5) is 11.4 Å². The summed E-state index contributed by atoms with van der Waals surface area (Å²) >= 11 is 0. The molecule has 0 saturated carbocycles. The molecule has 3 aromatic rings. The van der Waals surface area contributed by atoms with Gasteiger partial charge in [-0.1, -0.05) is 35.9 Å². The van der Waals surface area contributed by atoms with Crippen molar-refractivity contribution < 1.29 is 24.0 Å². The van der Waals surface area contributed by atoms with Gasteiger partial charge in [0.25, 0.3) is 11.6 Å². The summed E-state index contributed by atoms with van der Waals surface area (Å²) < 4.78 is 10.8. The molecule has 5 rings (SSSR count). The summed E-state index contributed by atoms with van der Waals surface area (Å²) in [5, 5.41) is 17.6. The number of carbonyl (C=O) groups excluding carboxylic acids is 2. The molecule has 3 aromatic carbocycles. The summed E-state index contributed by atoms with van der Waals surface area (Å²) in [6.07, 6.45) is 0.787. The third-order valence-corrected chi connectivity index (χ3v) is 7.70. The molecule has 1 heterocycles. The Kier molecular flexibility index (Phi) is 7.61. The Hall–Kier alpha value is -4.92. The van der Waals surface area contributed by atoms with E-state index in [1.165, 1.54) is 12.1 Å². The number of allylic oxidation sites excluding steroid dienone is 3. The van der Waals surface area contributed by atoms with Crippen molar-refractivity contribution in [3.05, 3.63) is 116 Å². The maximum Gasteiger partial charge on any atom is 0.269 e. The molecule has 0 bridgehead atoms. The number of hydrogen-bond acceptors (Lipinski definition) is 7. The van der Waals surface area contributed by atoms with Crippen molar-refractivity contribution in [1.82, 2.24) is 5.32 Å². The van der Waals surface area contributed by atoms with Crippen LogP contribution in [0.15, 0.2) is 89.3 Å². The van der Waals surface area contributed by atoms with E-state index in [1.54, 1.807) is 26.4 Å². The smallest absolute Gasteiger partial charge is 0.269 e. The third kappa shape index (κ3) is 5.43. The van der Waals surface area contributed by atoms with E-state index >= 15 is 0 Å². The second-order valence-electron chi connectivity index (χ2n) is 10.3. The Labute approximate surface area is 238 Å². The first kappa shape index (κ1) is 27.6. The first-order valence-electron chi connectivity index (χ1n) is 13.3. The van der Waals surface area contributed by atoms with E-state index < -0.39 is 10.8 Å². The second-order valence-corrected chi connectivity index (χ2v) is 10.3. The van der Waals surface area contributed by atoms with Crippen molar-refractivity contribution in [1.29, 1.82) is 0 Å². The zero-order valence-corrected chi connectivity index (χ0v) is 23.3. The van der Waals surface area contributed by atoms with E-state index in [1.807, 2.05) is 56.3 Å². The van der Waals surface area contributed by atoms with Crippen LogP contribution in [-0.2, 0) is 9.59 Å². The number of anilines is 1. The zero-order valence-electron chi connectivity index (χ0n) is 23.3. The molecule has 0 spiro atoms. The van der Waals surface area contributed by atoms with Crippen molar-refractivity contribution in [2.24, 2.45) is 0 Å². The van der Waals surface area contributed by atoms with Gasteiger partial charge in [0.1, 0.15) is 0 Å². The topological polar surface area (TPSA) is 120 Å². The summed E-state index contributed by atoms with van der Waals surface area (Å²) in [6, 6.07) is 19.2. The highest BCUT2D eigenvalue weighted by Crippen LogP contribution is 2.46. The average molecular weight is 554 g/mol. The highest BCUT2D eigenvalue weighted by molar-refractivity contribution is 6.10. The molecule has 9 nitrogen and oxygen atoms in total. The number of rotatable bonds is 7. The Morgan fingerprint density at radius 2 is 1.59 bits per heavy atom. The van der Waals surface area contributed by atoms with Gasteiger partial charge in [0.15, 0.2) is 17.3 Å². The van der Waals surface area contributed by atoms with Crippen molar-refractivity contribution in [2.75, 3.05) is 19.5 Å². The molecule has 2 aliphatic rings. The van der Waals surface area contributed by atoms with E-state index in [0.717, 1.165) is 16.8 Å². The van der Waals surface area contributed by atoms with Crippen molar-refractivity contribution in [2.45, 2.75) is 38.5 Å². The minimum absolute atomic E-state index is 0.0632. The van der Waals surface area contributed by atoms with Crippen LogP contribution >= 0.6 is 0 Å². The van der Waals surface area contributed by atoms with Crippen molar-refractivity contribution in [3.63, 3.8) is 0 Å². The highest BCUT2D eigenvalue weighted by Gasteiger charge is 2.41. The molecule has 0 aromatic heterocycles. The van der Waals surface area contributed by atoms with Crippen molar-refractivity contribution in [3.8, 4) is 11.5 Å². The minimum atomic E-state index is -0.684. The van der Waals surface area contributed by atoms with Crippen LogP contribution in [0.25, 0.3) is 0 Å². The van der Waals surface area contributed by atoms with Crippen LogP contribution in [0.2, 0.25) is 0 Å². The molecular formula is C32H31N3O6. The number of methoxy groups -OCH3 is 2. The largest absolute Gasteiger partial charge is 0.493 e. The number of nitrogens with one attached hydrogen (secondary N) is 2. The molecule has 1 aliphatic heterocycles. The molecule has 0 unspecified atom stereocenters. The average Bonchev–Trinajstić information content (AvgIpc) is 2.97. The Morgan fingerprint density at radius 3 is 2.22 bits per heavy atom. The molecule has 2 N–H and O–H groups in total.